The van der Waals surface area contributed by atoms with E-state index in [1.165, 1.54) is 10.9 Å². The fraction of sp³-hybridized carbons (Fsp3) is 0.286. The topological polar surface area (TPSA) is 80.6 Å². The van der Waals surface area contributed by atoms with Gasteiger partial charge in [-0.15, -0.1) is 0 Å². The number of aromatic nitrogens is 4. The number of benzene rings is 1. The molecule has 0 atom stereocenters. The van der Waals surface area contributed by atoms with Crippen LogP contribution in [0.5, 0.6) is 0 Å². The van der Waals surface area contributed by atoms with Crippen molar-refractivity contribution in [3.63, 3.8) is 0 Å². The van der Waals surface area contributed by atoms with E-state index in [9.17, 15) is 4.79 Å². The second kappa shape index (κ2) is 5.34. The van der Waals surface area contributed by atoms with Crippen LogP contribution in [-0.4, -0.2) is 31.6 Å². The summed E-state index contributed by atoms with van der Waals surface area (Å²) in [5.41, 5.74) is 2.13. The van der Waals surface area contributed by atoms with Crippen LogP contribution in [0.4, 0.5) is 0 Å². The summed E-state index contributed by atoms with van der Waals surface area (Å²) in [5, 5.41) is 7.55. The van der Waals surface area contributed by atoms with E-state index in [0.29, 0.717) is 12.4 Å². The van der Waals surface area contributed by atoms with Gasteiger partial charge < -0.3 is 4.98 Å². The number of nitrogens with one attached hydrogen (secondary N) is 3. The molecule has 2 aromatic heterocycles. The van der Waals surface area contributed by atoms with Gasteiger partial charge in [-0.3, -0.25) is 9.88 Å². The SMILES string of the molecule is CCN(Cc1ccc2[nH]ccc2c1)Cc1n[nH]c(=O)[nH]1. The Morgan fingerprint density at radius 3 is 2.90 bits per heavy atom. The molecule has 20 heavy (non-hydrogen) atoms. The number of nitrogens with zero attached hydrogens (tertiary/aromatic N) is 2. The van der Waals surface area contributed by atoms with Crippen LogP contribution in [0, 0.1) is 0 Å². The van der Waals surface area contributed by atoms with Crippen LogP contribution < -0.4 is 5.69 Å². The van der Waals surface area contributed by atoms with E-state index in [2.05, 4.69) is 56.3 Å². The Bertz CT molecular complexity index is 754. The van der Waals surface area contributed by atoms with Gasteiger partial charge in [0.05, 0.1) is 6.54 Å². The van der Waals surface area contributed by atoms with Crippen LogP contribution in [0.1, 0.15) is 18.3 Å². The van der Waals surface area contributed by atoms with E-state index in [-0.39, 0.29) is 5.69 Å². The van der Waals surface area contributed by atoms with E-state index in [1.807, 2.05) is 6.20 Å². The number of aromatic amines is 3. The van der Waals surface area contributed by atoms with Crippen molar-refractivity contribution in [1.29, 1.82) is 0 Å². The van der Waals surface area contributed by atoms with Crippen molar-refractivity contribution < 1.29 is 0 Å². The summed E-state index contributed by atoms with van der Waals surface area (Å²) >= 11 is 0. The zero-order valence-electron chi connectivity index (χ0n) is 11.3. The first-order valence-electron chi connectivity index (χ1n) is 6.66. The first kappa shape index (κ1) is 12.7. The summed E-state index contributed by atoms with van der Waals surface area (Å²) in [4.78, 5) is 19.1. The highest BCUT2D eigenvalue weighted by molar-refractivity contribution is 5.79. The molecule has 0 fully saturated rings. The molecule has 3 aromatic rings. The molecule has 0 aliphatic carbocycles. The minimum absolute atomic E-state index is 0.259. The van der Waals surface area contributed by atoms with E-state index < -0.39 is 0 Å². The normalized spacial score (nSPS) is 11.5. The van der Waals surface area contributed by atoms with Crippen LogP contribution in [0.3, 0.4) is 0 Å². The third-order valence-electron chi connectivity index (χ3n) is 3.39. The van der Waals surface area contributed by atoms with Crippen molar-refractivity contribution in [2.75, 3.05) is 6.54 Å². The summed E-state index contributed by atoms with van der Waals surface area (Å²) in [5.74, 6) is 0.666. The first-order valence-corrected chi connectivity index (χ1v) is 6.66. The van der Waals surface area contributed by atoms with Gasteiger partial charge in [-0.2, -0.15) is 5.10 Å². The van der Waals surface area contributed by atoms with Crippen LogP contribution in [0.2, 0.25) is 0 Å². The molecule has 6 heteroatoms. The van der Waals surface area contributed by atoms with Gasteiger partial charge >= 0.3 is 5.69 Å². The smallest absolute Gasteiger partial charge is 0.340 e. The number of hydrogen-bond donors (Lipinski definition) is 3. The summed E-state index contributed by atoms with van der Waals surface area (Å²) in [6.07, 6.45) is 1.94. The molecule has 0 spiro atoms. The molecule has 0 amide bonds. The van der Waals surface area contributed by atoms with Crippen molar-refractivity contribution in [2.24, 2.45) is 0 Å². The largest absolute Gasteiger partial charge is 0.361 e. The van der Waals surface area contributed by atoms with Crippen LogP contribution in [0.25, 0.3) is 10.9 Å². The predicted octanol–water partition coefficient (Wildman–Crippen LogP) is 1.60. The van der Waals surface area contributed by atoms with Gasteiger partial charge in [0.1, 0.15) is 5.82 Å². The van der Waals surface area contributed by atoms with Crippen LogP contribution in [0.15, 0.2) is 35.3 Å². The molecule has 2 heterocycles. The molecule has 3 N–H and O–H groups in total. The lowest BCUT2D eigenvalue weighted by Crippen LogP contribution is -2.23. The van der Waals surface area contributed by atoms with E-state index in [0.717, 1.165) is 18.6 Å². The number of H-pyrrole nitrogens is 3. The molecule has 0 saturated carbocycles. The Morgan fingerprint density at radius 2 is 2.15 bits per heavy atom. The van der Waals surface area contributed by atoms with Gasteiger partial charge in [-0.25, -0.2) is 9.89 Å². The quantitative estimate of drug-likeness (QED) is 0.659. The summed E-state index contributed by atoms with van der Waals surface area (Å²) < 4.78 is 0. The van der Waals surface area contributed by atoms with Gasteiger partial charge in [0, 0.05) is 18.3 Å². The van der Waals surface area contributed by atoms with Gasteiger partial charge in [-0.05, 0) is 35.7 Å². The standard InChI is InChI=1S/C14H17N5O/c1-2-19(9-13-16-14(20)18-17-13)8-10-3-4-12-11(7-10)5-6-15-12/h3-7,15H,2,8-9H2,1H3,(H2,16,17,18,20). The Kier molecular flexibility index (Phi) is 3.39. The Morgan fingerprint density at radius 1 is 1.25 bits per heavy atom. The van der Waals surface area contributed by atoms with E-state index in [4.69, 9.17) is 0 Å². The second-order valence-electron chi connectivity index (χ2n) is 4.83. The molecule has 0 saturated heterocycles. The fourth-order valence-electron chi connectivity index (χ4n) is 2.33. The fourth-order valence-corrected chi connectivity index (χ4v) is 2.33. The maximum absolute atomic E-state index is 11.0. The average Bonchev–Trinajstić information content (AvgIpc) is 3.06. The third-order valence-corrected chi connectivity index (χ3v) is 3.39. The molecule has 0 aliphatic heterocycles. The molecule has 104 valence electrons. The Labute approximate surface area is 115 Å². The van der Waals surface area contributed by atoms with Crippen molar-refractivity contribution in [2.45, 2.75) is 20.0 Å². The number of hydrogen-bond acceptors (Lipinski definition) is 3. The van der Waals surface area contributed by atoms with Crippen LogP contribution in [-0.2, 0) is 13.1 Å². The lowest BCUT2D eigenvalue weighted by Gasteiger charge is -2.18. The highest BCUT2D eigenvalue weighted by atomic mass is 16.1. The maximum Gasteiger partial charge on any atom is 0.340 e. The van der Waals surface area contributed by atoms with Gasteiger partial charge in [0.2, 0.25) is 0 Å². The molecule has 0 unspecified atom stereocenters. The summed E-state index contributed by atoms with van der Waals surface area (Å²) in [6, 6.07) is 8.46. The molecule has 0 aliphatic rings. The molecule has 6 nitrogen and oxygen atoms in total. The Balaban J connectivity index is 1.74. The molecule has 3 rings (SSSR count). The minimum atomic E-state index is -0.259. The number of fused-ring (bicyclic) bond motifs is 1. The zero-order valence-corrected chi connectivity index (χ0v) is 11.3. The van der Waals surface area contributed by atoms with Crippen LogP contribution >= 0.6 is 0 Å². The Hall–Kier alpha value is -2.34. The zero-order chi connectivity index (χ0) is 13.9. The minimum Gasteiger partial charge on any atom is -0.361 e. The lowest BCUT2D eigenvalue weighted by molar-refractivity contribution is 0.265. The highest BCUT2D eigenvalue weighted by Crippen LogP contribution is 2.16. The monoisotopic (exact) mass is 271 g/mol. The van der Waals surface area contributed by atoms with Crippen molar-refractivity contribution in [3.05, 3.63) is 52.3 Å². The van der Waals surface area contributed by atoms with Gasteiger partial charge in [0.25, 0.3) is 0 Å². The molecular weight excluding hydrogens is 254 g/mol. The lowest BCUT2D eigenvalue weighted by atomic mass is 10.1. The van der Waals surface area contributed by atoms with Crippen molar-refractivity contribution in [1.82, 2.24) is 25.1 Å². The molecule has 0 bridgehead atoms. The van der Waals surface area contributed by atoms with E-state index in [1.54, 1.807) is 0 Å². The van der Waals surface area contributed by atoms with Crippen molar-refractivity contribution in [3.8, 4) is 0 Å². The summed E-state index contributed by atoms with van der Waals surface area (Å²) in [6.45, 7) is 4.44. The average molecular weight is 271 g/mol. The third kappa shape index (κ3) is 2.65. The number of rotatable bonds is 5. The first-order chi connectivity index (χ1) is 9.74. The molecule has 1 aromatic carbocycles. The van der Waals surface area contributed by atoms with Gasteiger partial charge in [-0.1, -0.05) is 13.0 Å². The second-order valence-corrected chi connectivity index (χ2v) is 4.83. The van der Waals surface area contributed by atoms with E-state index >= 15 is 0 Å². The summed E-state index contributed by atoms with van der Waals surface area (Å²) in [7, 11) is 0. The maximum atomic E-state index is 11.0. The van der Waals surface area contributed by atoms with Crippen molar-refractivity contribution >= 4 is 10.9 Å². The highest BCUT2D eigenvalue weighted by Gasteiger charge is 2.08. The predicted molar refractivity (Wildman–Crippen MR) is 77.3 cm³/mol. The van der Waals surface area contributed by atoms with Gasteiger partial charge in [0.15, 0.2) is 0 Å². The molecule has 0 radical (unpaired) electrons. The molecular formula is C14H17N5O.